The number of halogens is 1. The van der Waals surface area contributed by atoms with Crippen molar-refractivity contribution in [3.63, 3.8) is 0 Å². The second-order valence-corrected chi connectivity index (χ2v) is 8.75. The average molecular weight is 420 g/mol. The predicted molar refractivity (Wildman–Crippen MR) is 102 cm³/mol. The van der Waals surface area contributed by atoms with Gasteiger partial charge in [0.1, 0.15) is 16.9 Å². The van der Waals surface area contributed by atoms with Gasteiger partial charge in [-0.3, -0.25) is 4.68 Å². The SMILES string of the molecule is Cn1nc(Br)c2nc(N3CC4CC(C3)O4)cc(N3CC4CCC(C3)O4)c21. The van der Waals surface area contributed by atoms with Crippen LogP contribution in [-0.2, 0) is 16.5 Å². The summed E-state index contributed by atoms with van der Waals surface area (Å²) < 4.78 is 14.6. The largest absolute Gasteiger partial charge is 0.371 e. The molecule has 2 aromatic heterocycles. The van der Waals surface area contributed by atoms with Crippen molar-refractivity contribution in [2.24, 2.45) is 7.05 Å². The van der Waals surface area contributed by atoms with Crippen LogP contribution in [0.4, 0.5) is 11.5 Å². The number of aromatic nitrogens is 3. The summed E-state index contributed by atoms with van der Waals surface area (Å²) in [6, 6.07) is 2.26. The third-order valence-corrected chi connectivity index (χ3v) is 6.72. The molecule has 7 rings (SSSR count). The molecule has 4 bridgehead atoms. The van der Waals surface area contributed by atoms with Crippen molar-refractivity contribution in [2.75, 3.05) is 36.0 Å². The highest BCUT2D eigenvalue weighted by molar-refractivity contribution is 9.10. The lowest BCUT2D eigenvalue weighted by atomic mass is 9.99. The van der Waals surface area contributed by atoms with Crippen LogP contribution in [0.25, 0.3) is 11.0 Å². The summed E-state index contributed by atoms with van der Waals surface area (Å²) in [7, 11) is 2.00. The van der Waals surface area contributed by atoms with Crippen LogP contribution in [-0.4, -0.2) is 65.4 Å². The van der Waals surface area contributed by atoms with Crippen LogP contribution in [0.1, 0.15) is 19.3 Å². The zero-order valence-electron chi connectivity index (χ0n) is 14.8. The molecule has 2 aromatic rings. The summed E-state index contributed by atoms with van der Waals surface area (Å²) in [4.78, 5) is 9.82. The second-order valence-electron chi connectivity index (χ2n) is 7.99. The van der Waals surface area contributed by atoms with Crippen LogP contribution < -0.4 is 9.80 Å². The van der Waals surface area contributed by atoms with Crippen LogP contribution in [0.15, 0.2) is 10.7 Å². The van der Waals surface area contributed by atoms with E-state index in [-0.39, 0.29) is 0 Å². The van der Waals surface area contributed by atoms with Gasteiger partial charge in [0, 0.05) is 45.7 Å². The molecule has 5 aliphatic rings. The van der Waals surface area contributed by atoms with Gasteiger partial charge in [-0.1, -0.05) is 0 Å². The third kappa shape index (κ3) is 2.31. The number of aryl methyl sites for hydroxylation is 1. The molecule has 8 heteroatoms. The lowest BCUT2D eigenvalue weighted by Crippen LogP contribution is -2.57. The number of anilines is 2. The van der Waals surface area contributed by atoms with Crippen molar-refractivity contribution in [3.8, 4) is 0 Å². The monoisotopic (exact) mass is 419 g/mol. The van der Waals surface area contributed by atoms with E-state index in [4.69, 9.17) is 14.5 Å². The molecular weight excluding hydrogens is 398 g/mol. The smallest absolute Gasteiger partial charge is 0.154 e. The normalized spacial score (nSPS) is 33.0. The maximum Gasteiger partial charge on any atom is 0.154 e. The molecule has 0 N–H and O–H groups in total. The van der Waals surface area contributed by atoms with Gasteiger partial charge in [0.15, 0.2) is 4.60 Å². The first-order valence-electron chi connectivity index (χ1n) is 9.48. The van der Waals surface area contributed by atoms with Crippen LogP contribution >= 0.6 is 15.9 Å². The maximum atomic E-state index is 6.05. The molecule has 7 heterocycles. The number of ether oxygens (including phenoxy) is 2. The Labute approximate surface area is 160 Å². The Morgan fingerprint density at radius 3 is 2.31 bits per heavy atom. The van der Waals surface area contributed by atoms with Gasteiger partial charge in [0.05, 0.1) is 30.1 Å². The maximum absolute atomic E-state index is 6.05. The molecule has 0 saturated carbocycles. The molecule has 5 aliphatic heterocycles. The highest BCUT2D eigenvalue weighted by atomic mass is 79.9. The molecule has 4 atom stereocenters. The number of piperidine rings is 1. The highest BCUT2D eigenvalue weighted by Crippen LogP contribution is 2.38. The number of pyridine rings is 1. The molecule has 0 aromatic carbocycles. The van der Waals surface area contributed by atoms with Crippen molar-refractivity contribution < 1.29 is 9.47 Å². The number of morpholine rings is 2. The Kier molecular flexibility index (Phi) is 3.35. The molecule has 0 amide bonds. The van der Waals surface area contributed by atoms with E-state index in [1.807, 2.05) is 11.7 Å². The Morgan fingerprint density at radius 1 is 1.00 bits per heavy atom. The molecular formula is C18H22BrN5O2. The lowest BCUT2D eigenvalue weighted by molar-refractivity contribution is -0.133. The first kappa shape index (κ1) is 15.7. The van der Waals surface area contributed by atoms with Gasteiger partial charge in [-0.15, -0.1) is 0 Å². The van der Waals surface area contributed by atoms with Gasteiger partial charge >= 0.3 is 0 Å². The van der Waals surface area contributed by atoms with E-state index < -0.39 is 0 Å². The van der Waals surface area contributed by atoms with Gasteiger partial charge in [0.25, 0.3) is 0 Å². The molecule has 26 heavy (non-hydrogen) atoms. The Balaban J connectivity index is 1.46. The van der Waals surface area contributed by atoms with E-state index in [0.717, 1.165) is 47.6 Å². The minimum atomic E-state index is 0.355. The molecule has 5 saturated heterocycles. The molecule has 5 fully saturated rings. The number of fused-ring (bicyclic) bond motifs is 5. The van der Waals surface area contributed by atoms with Gasteiger partial charge in [-0.2, -0.15) is 5.10 Å². The summed E-state index contributed by atoms with van der Waals surface area (Å²) in [5, 5.41) is 4.58. The molecule has 0 aliphatic carbocycles. The number of rotatable bonds is 2. The van der Waals surface area contributed by atoms with Crippen LogP contribution in [0.2, 0.25) is 0 Å². The standard InChI is InChI=1S/C18H22BrN5O2/c1-22-17-14(23-6-10-2-3-11(7-23)25-10)5-15(20-16(17)18(19)21-22)24-8-12-4-13(9-24)26-12/h5,10-13H,2-4,6-9H2,1H3. The Bertz CT molecular complexity index is 858. The number of nitrogens with zero attached hydrogens (tertiary/aromatic N) is 5. The Morgan fingerprint density at radius 2 is 1.62 bits per heavy atom. The molecule has 0 radical (unpaired) electrons. The second kappa shape index (κ2) is 5.56. The number of hydrogen-bond donors (Lipinski definition) is 0. The van der Waals surface area contributed by atoms with E-state index in [9.17, 15) is 0 Å². The predicted octanol–water partition coefficient (Wildman–Crippen LogP) is 2.08. The van der Waals surface area contributed by atoms with E-state index >= 15 is 0 Å². The fourth-order valence-corrected chi connectivity index (χ4v) is 5.48. The van der Waals surface area contributed by atoms with Gasteiger partial charge in [-0.05, 0) is 28.8 Å². The highest BCUT2D eigenvalue weighted by Gasteiger charge is 2.40. The van der Waals surface area contributed by atoms with Crippen LogP contribution in [0.5, 0.6) is 0 Å². The first-order valence-corrected chi connectivity index (χ1v) is 10.3. The molecule has 138 valence electrons. The summed E-state index contributed by atoms with van der Waals surface area (Å²) in [5.74, 6) is 1.04. The van der Waals surface area contributed by atoms with Crippen molar-refractivity contribution >= 4 is 38.5 Å². The summed E-state index contributed by atoms with van der Waals surface area (Å²) in [6.07, 6.45) is 4.97. The van der Waals surface area contributed by atoms with Crippen molar-refractivity contribution in [3.05, 3.63) is 10.7 Å². The van der Waals surface area contributed by atoms with E-state index in [1.165, 1.54) is 24.9 Å². The van der Waals surface area contributed by atoms with Crippen molar-refractivity contribution in [1.29, 1.82) is 0 Å². The summed E-state index contributed by atoms with van der Waals surface area (Å²) in [6.45, 7) is 3.76. The fraction of sp³-hybridized carbons (Fsp3) is 0.667. The topological polar surface area (TPSA) is 55.7 Å². The Hall–Kier alpha value is -1.38. The minimum absolute atomic E-state index is 0.355. The van der Waals surface area contributed by atoms with Crippen molar-refractivity contribution in [2.45, 2.75) is 43.7 Å². The van der Waals surface area contributed by atoms with Crippen molar-refractivity contribution in [1.82, 2.24) is 14.8 Å². The van der Waals surface area contributed by atoms with E-state index in [1.54, 1.807) is 0 Å². The summed E-state index contributed by atoms with van der Waals surface area (Å²) in [5.41, 5.74) is 3.27. The average Bonchev–Trinajstić information content (AvgIpc) is 3.12. The first-order chi connectivity index (χ1) is 12.6. The zero-order valence-corrected chi connectivity index (χ0v) is 16.4. The zero-order chi connectivity index (χ0) is 17.4. The lowest BCUT2D eigenvalue weighted by Gasteiger charge is -2.47. The third-order valence-electron chi connectivity index (χ3n) is 6.18. The molecule has 4 unspecified atom stereocenters. The molecule has 7 nitrogen and oxygen atoms in total. The molecule has 0 spiro atoms. The van der Waals surface area contributed by atoms with Crippen LogP contribution in [0, 0.1) is 0 Å². The minimum Gasteiger partial charge on any atom is -0.371 e. The summed E-state index contributed by atoms with van der Waals surface area (Å²) >= 11 is 3.61. The van der Waals surface area contributed by atoms with Gasteiger partial charge < -0.3 is 19.3 Å². The quantitative estimate of drug-likeness (QED) is 0.742. The number of hydrogen-bond acceptors (Lipinski definition) is 6. The van der Waals surface area contributed by atoms with E-state index in [2.05, 4.69) is 36.9 Å². The fourth-order valence-electron chi connectivity index (χ4n) is 4.96. The van der Waals surface area contributed by atoms with E-state index in [0.29, 0.717) is 24.4 Å². The van der Waals surface area contributed by atoms with Crippen LogP contribution in [0.3, 0.4) is 0 Å². The van der Waals surface area contributed by atoms with Gasteiger partial charge in [-0.25, -0.2) is 4.98 Å². The van der Waals surface area contributed by atoms with Gasteiger partial charge in [0.2, 0.25) is 0 Å².